The number of nitrogens with one attached hydrogen (secondary N) is 1. The molecular formula is C12H22N4O. The van der Waals surface area contributed by atoms with Crippen LogP contribution in [0.2, 0.25) is 0 Å². The molecule has 0 saturated carbocycles. The highest BCUT2D eigenvalue weighted by Gasteiger charge is 2.19. The average molecular weight is 238 g/mol. The van der Waals surface area contributed by atoms with E-state index in [4.69, 9.17) is 4.74 Å². The van der Waals surface area contributed by atoms with E-state index in [2.05, 4.69) is 33.9 Å². The van der Waals surface area contributed by atoms with Crippen LogP contribution in [0, 0.1) is 0 Å². The molecule has 0 amide bonds. The highest BCUT2D eigenvalue weighted by Crippen LogP contribution is 2.14. The number of hydrogen-bond donors (Lipinski definition) is 1. The predicted molar refractivity (Wildman–Crippen MR) is 65.7 cm³/mol. The van der Waals surface area contributed by atoms with Crippen molar-refractivity contribution in [1.29, 1.82) is 0 Å². The van der Waals surface area contributed by atoms with Crippen LogP contribution in [-0.2, 0) is 11.3 Å². The summed E-state index contributed by atoms with van der Waals surface area (Å²) < 4.78 is 7.50. The van der Waals surface area contributed by atoms with Gasteiger partial charge in [0.2, 0.25) is 0 Å². The third kappa shape index (κ3) is 3.26. The predicted octanol–water partition coefficient (Wildman–Crippen LogP) is 1.52. The van der Waals surface area contributed by atoms with Crippen LogP contribution < -0.4 is 5.32 Å². The van der Waals surface area contributed by atoms with E-state index in [-0.39, 0.29) is 6.04 Å². The maximum atomic E-state index is 5.36. The van der Waals surface area contributed by atoms with E-state index in [0.29, 0.717) is 6.04 Å². The van der Waals surface area contributed by atoms with Crippen LogP contribution in [0.15, 0.2) is 6.33 Å². The Kier molecular flexibility index (Phi) is 4.50. The maximum absolute atomic E-state index is 5.36. The first kappa shape index (κ1) is 12.5. The molecule has 5 nitrogen and oxygen atoms in total. The van der Waals surface area contributed by atoms with Crippen LogP contribution in [0.25, 0.3) is 0 Å². The minimum absolute atomic E-state index is 0.257. The molecule has 5 heteroatoms. The zero-order chi connectivity index (χ0) is 12.1. The van der Waals surface area contributed by atoms with Gasteiger partial charge in [0.05, 0.1) is 6.04 Å². The van der Waals surface area contributed by atoms with Gasteiger partial charge in [0.25, 0.3) is 0 Å². The minimum Gasteiger partial charge on any atom is -0.381 e. The van der Waals surface area contributed by atoms with Crippen LogP contribution >= 0.6 is 0 Å². The molecule has 0 unspecified atom stereocenters. The molecule has 17 heavy (non-hydrogen) atoms. The van der Waals surface area contributed by atoms with Crippen LogP contribution in [0.1, 0.15) is 45.0 Å². The van der Waals surface area contributed by atoms with Gasteiger partial charge in [-0.3, -0.25) is 0 Å². The Labute approximate surface area is 103 Å². The smallest absolute Gasteiger partial charge is 0.149 e. The van der Waals surface area contributed by atoms with E-state index in [1.165, 1.54) is 0 Å². The third-order valence-corrected chi connectivity index (χ3v) is 3.20. The molecule has 1 aromatic heterocycles. The van der Waals surface area contributed by atoms with Gasteiger partial charge in [0, 0.05) is 25.8 Å². The summed E-state index contributed by atoms with van der Waals surface area (Å²) in [5.41, 5.74) is 0. The normalized spacial score (nSPS) is 19.4. The van der Waals surface area contributed by atoms with Gasteiger partial charge in [-0.15, -0.1) is 10.2 Å². The van der Waals surface area contributed by atoms with Crippen molar-refractivity contribution >= 4 is 0 Å². The fourth-order valence-corrected chi connectivity index (χ4v) is 2.30. The van der Waals surface area contributed by atoms with Crippen molar-refractivity contribution in [3.05, 3.63) is 12.2 Å². The number of ether oxygens (including phenoxy) is 1. The van der Waals surface area contributed by atoms with Crippen molar-refractivity contribution in [3.8, 4) is 0 Å². The van der Waals surface area contributed by atoms with Gasteiger partial charge < -0.3 is 14.6 Å². The fourth-order valence-electron chi connectivity index (χ4n) is 2.30. The zero-order valence-electron chi connectivity index (χ0n) is 10.7. The van der Waals surface area contributed by atoms with E-state index in [1.54, 1.807) is 0 Å². The summed E-state index contributed by atoms with van der Waals surface area (Å²) in [5.74, 6) is 1.04. The van der Waals surface area contributed by atoms with Crippen molar-refractivity contribution in [2.24, 2.45) is 0 Å². The first-order chi connectivity index (χ1) is 8.31. The lowest BCUT2D eigenvalue weighted by Gasteiger charge is -2.26. The summed E-state index contributed by atoms with van der Waals surface area (Å²) in [6.45, 7) is 7.05. The summed E-state index contributed by atoms with van der Waals surface area (Å²) in [4.78, 5) is 0. The molecule has 0 spiro atoms. The Hall–Kier alpha value is -0.940. The number of rotatable bonds is 5. The van der Waals surface area contributed by atoms with Gasteiger partial charge in [-0.2, -0.15) is 0 Å². The average Bonchev–Trinajstić information content (AvgIpc) is 2.79. The second kappa shape index (κ2) is 6.12. The van der Waals surface area contributed by atoms with Crippen LogP contribution in [0.3, 0.4) is 0 Å². The lowest BCUT2D eigenvalue weighted by Crippen LogP contribution is -2.37. The van der Waals surface area contributed by atoms with Gasteiger partial charge in [0.15, 0.2) is 0 Å². The number of nitrogens with zero attached hydrogens (tertiary/aromatic N) is 3. The second-order valence-electron chi connectivity index (χ2n) is 4.66. The molecule has 1 aromatic rings. The standard InChI is InChI=1S/C12H22N4O/c1-3-6-16-9-13-15-12(16)10(2)14-11-4-7-17-8-5-11/h9-11,14H,3-8H2,1-2H3/t10-/m1/s1. The Morgan fingerprint density at radius 2 is 2.29 bits per heavy atom. The molecule has 0 aliphatic carbocycles. The molecule has 2 heterocycles. The highest BCUT2D eigenvalue weighted by molar-refractivity contribution is 4.94. The SMILES string of the molecule is CCCn1cnnc1[C@@H](C)NC1CCOCC1. The molecule has 1 aliphatic rings. The zero-order valence-corrected chi connectivity index (χ0v) is 10.7. The van der Waals surface area contributed by atoms with Crippen molar-refractivity contribution in [2.75, 3.05) is 13.2 Å². The molecule has 2 rings (SSSR count). The van der Waals surface area contributed by atoms with Gasteiger partial charge in [-0.05, 0) is 26.2 Å². The molecule has 0 bridgehead atoms. The topological polar surface area (TPSA) is 52.0 Å². The fraction of sp³-hybridized carbons (Fsp3) is 0.833. The molecule has 1 fully saturated rings. The first-order valence-corrected chi connectivity index (χ1v) is 6.52. The number of hydrogen-bond acceptors (Lipinski definition) is 4. The quantitative estimate of drug-likeness (QED) is 0.845. The third-order valence-electron chi connectivity index (χ3n) is 3.20. The van der Waals surface area contributed by atoms with Crippen LogP contribution in [0.5, 0.6) is 0 Å². The summed E-state index contributed by atoms with van der Waals surface area (Å²) in [7, 11) is 0. The Morgan fingerprint density at radius 1 is 1.53 bits per heavy atom. The summed E-state index contributed by atoms with van der Waals surface area (Å²) >= 11 is 0. The van der Waals surface area contributed by atoms with Gasteiger partial charge in [-0.25, -0.2) is 0 Å². The Balaban J connectivity index is 1.93. The molecular weight excluding hydrogens is 216 g/mol. The largest absolute Gasteiger partial charge is 0.381 e. The van der Waals surface area contributed by atoms with Crippen LogP contribution in [-0.4, -0.2) is 34.0 Å². The Bertz CT molecular complexity index is 333. The molecule has 0 radical (unpaired) electrons. The Morgan fingerprint density at radius 3 is 3.00 bits per heavy atom. The monoisotopic (exact) mass is 238 g/mol. The van der Waals surface area contributed by atoms with E-state index in [1.807, 2.05) is 6.33 Å². The molecule has 1 saturated heterocycles. The second-order valence-corrected chi connectivity index (χ2v) is 4.66. The summed E-state index contributed by atoms with van der Waals surface area (Å²) in [5, 5.41) is 11.8. The summed E-state index contributed by atoms with van der Waals surface area (Å²) in [6.07, 6.45) is 5.11. The maximum Gasteiger partial charge on any atom is 0.149 e. The molecule has 0 aromatic carbocycles. The van der Waals surface area contributed by atoms with E-state index in [9.17, 15) is 0 Å². The van der Waals surface area contributed by atoms with Crippen molar-refractivity contribution in [2.45, 2.75) is 51.7 Å². The van der Waals surface area contributed by atoms with Gasteiger partial charge in [-0.1, -0.05) is 6.92 Å². The molecule has 1 N–H and O–H groups in total. The van der Waals surface area contributed by atoms with Crippen molar-refractivity contribution in [1.82, 2.24) is 20.1 Å². The summed E-state index contributed by atoms with van der Waals surface area (Å²) in [6, 6.07) is 0.803. The molecule has 1 atom stereocenters. The van der Waals surface area contributed by atoms with E-state index >= 15 is 0 Å². The van der Waals surface area contributed by atoms with Crippen molar-refractivity contribution < 1.29 is 4.74 Å². The minimum atomic E-state index is 0.257. The number of aryl methyl sites for hydroxylation is 1. The lowest BCUT2D eigenvalue weighted by molar-refractivity contribution is 0.0750. The van der Waals surface area contributed by atoms with Crippen molar-refractivity contribution in [3.63, 3.8) is 0 Å². The van der Waals surface area contributed by atoms with Gasteiger partial charge in [0.1, 0.15) is 12.2 Å². The highest BCUT2D eigenvalue weighted by atomic mass is 16.5. The van der Waals surface area contributed by atoms with Gasteiger partial charge >= 0.3 is 0 Å². The lowest BCUT2D eigenvalue weighted by atomic mass is 10.1. The number of aromatic nitrogens is 3. The van der Waals surface area contributed by atoms with E-state index in [0.717, 1.165) is 44.8 Å². The first-order valence-electron chi connectivity index (χ1n) is 6.52. The molecule has 1 aliphatic heterocycles. The van der Waals surface area contributed by atoms with Crippen LogP contribution in [0.4, 0.5) is 0 Å². The molecule has 96 valence electrons. The van der Waals surface area contributed by atoms with E-state index < -0.39 is 0 Å².